The summed E-state index contributed by atoms with van der Waals surface area (Å²) < 4.78 is 5.10. The largest absolute Gasteiger partial charge is 0.440 e. The van der Waals surface area contributed by atoms with E-state index in [4.69, 9.17) is 16.0 Å². The molecular weight excluding hydrogens is 308 g/mol. The first kappa shape index (κ1) is 14.6. The Kier molecular flexibility index (Phi) is 4.33. The highest BCUT2D eigenvalue weighted by Gasteiger charge is 2.22. The van der Waals surface area contributed by atoms with Crippen molar-refractivity contribution in [3.63, 3.8) is 0 Å². The molecule has 1 amide bonds. The quantitative estimate of drug-likeness (QED) is 0.939. The summed E-state index contributed by atoms with van der Waals surface area (Å²) in [7, 11) is 0. The van der Waals surface area contributed by atoms with Crippen LogP contribution in [-0.4, -0.2) is 29.9 Å². The number of carbonyl (C=O) groups excluding carboxylic acids is 1. The summed E-state index contributed by atoms with van der Waals surface area (Å²) in [6.45, 7) is 4.73. The van der Waals surface area contributed by atoms with Gasteiger partial charge in [-0.3, -0.25) is 9.69 Å². The smallest absolute Gasteiger partial charge is 0.287 e. The molecule has 0 fully saturated rings. The first-order valence-corrected chi connectivity index (χ1v) is 8.22. The Balaban J connectivity index is 1.53. The molecule has 1 N–H and O–H groups in total. The minimum Gasteiger partial charge on any atom is -0.440 e. The van der Waals surface area contributed by atoms with E-state index >= 15 is 0 Å². The van der Waals surface area contributed by atoms with Crippen LogP contribution < -0.4 is 5.32 Å². The Morgan fingerprint density at radius 3 is 3.14 bits per heavy atom. The molecule has 4 nitrogen and oxygen atoms in total. The minimum absolute atomic E-state index is 0.220. The van der Waals surface area contributed by atoms with Crippen molar-refractivity contribution in [3.05, 3.63) is 45.0 Å². The molecule has 2 aromatic rings. The van der Waals surface area contributed by atoms with Gasteiger partial charge in [-0.2, -0.15) is 0 Å². The van der Waals surface area contributed by atoms with Crippen LogP contribution >= 0.6 is 22.9 Å². The average Bonchev–Trinajstić information content (AvgIpc) is 3.12. The van der Waals surface area contributed by atoms with E-state index in [1.165, 1.54) is 10.4 Å². The Hall–Kier alpha value is -1.30. The van der Waals surface area contributed by atoms with Crippen LogP contribution in [0.4, 0.5) is 0 Å². The zero-order chi connectivity index (χ0) is 14.8. The van der Waals surface area contributed by atoms with Crippen molar-refractivity contribution in [2.24, 2.45) is 0 Å². The van der Waals surface area contributed by atoms with E-state index in [0.29, 0.717) is 6.54 Å². The second-order valence-corrected chi connectivity index (χ2v) is 6.63. The van der Waals surface area contributed by atoms with E-state index in [-0.39, 0.29) is 22.9 Å². The first-order chi connectivity index (χ1) is 10.1. The van der Waals surface area contributed by atoms with E-state index in [0.717, 1.165) is 19.5 Å². The van der Waals surface area contributed by atoms with Crippen molar-refractivity contribution >= 4 is 28.8 Å². The molecule has 0 saturated carbocycles. The number of nitrogens with one attached hydrogen (secondary N) is 1. The Labute approximate surface area is 132 Å². The zero-order valence-electron chi connectivity index (χ0n) is 11.8. The number of halogens is 1. The molecule has 3 rings (SSSR count). The van der Waals surface area contributed by atoms with Crippen molar-refractivity contribution in [2.75, 3.05) is 13.1 Å². The minimum atomic E-state index is -0.220. The molecule has 1 aliphatic rings. The average molecular weight is 325 g/mol. The van der Waals surface area contributed by atoms with E-state index in [2.05, 4.69) is 28.6 Å². The normalized spacial score (nSPS) is 16.5. The van der Waals surface area contributed by atoms with Crippen LogP contribution in [0, 0.1) is 0 Å². The predicted molar refractivity (Wildman–Crippen MR) is 83.9 cm³/mol. The van der Waals surface area contributed by atoms with Gasteiger partial charge in [-0.1, -0.05) is 0 Å². The molecule has 1 atom stereocenters. The van der Waals surface area contributed by atoms with Gasteiger partial charge in [0, 0.05) is 30.6 Å². The van der Waals surface area contributed by atoms with Gasteiger partial charge in [0.15, 0.2) is 11.0 Å². The monoisotopic (exact) mass is 324 g/mol. The number of thiophene rings is 1. The highest BCUT2D eigenvalue weighted by atomic mass is 35.5. The van der Waals surface area contributed by atoms with Gasteiger partial charge in [0.2, 0.25) is 0 Å². The zero-order valence-corrected chi connectivity index (χ0v) is 13.3. The highest BCUT2D eigenvalue weighted by molar-refractivity contribution is 7.10. The van der Waals surface area contributed by atoms with Crippen molar-refractivity contribution in [1.82, 2.24) is 10.2 Å². The number of hydrogen-bond acceptors (Lipinski definition) is 4. The number of furan rings is 1. The van der Waals surface area contributed by atoms with Crippen LogP contribution in [0.15, 0.2) is 28.0 Å². The summed E-state index contributed by atoms with van der Waals surface area (Å²) >= 11 is 7.51. The van der Waals surface area contributed by atoms with Gasteiger partial charge in [-0.25, -0.2) is 0 Å². The van der Waals surface area contributed by atoms with Gasteiger partial charge in [0.25, 0.3) is 5.91 Å². The van der Waals surface area contributed by atoms with Crippen molar-refractivity contribution in [3.8, 4) is 0 Å². The lowest BCUT2D eigenvalue weighted by Crippen LogP contribution is -2.44. The summed E-state index contributed by atoms with van der Waals surface area (Å²) in [5.74, 6) is 0.0351. The summed E-state index contributed by atoms with van der Waals surface area (Å²) in [5.41, 5.74) is 1.42. The fourth-order valence-electron chi connectivity index (χ4n) is 2.54. The Morgan fingerprint density at radius 1 is 1.52 bits per heavy atom. The third kappa shape index (κ3) is 3.31. The standard InChI is InChI=1S/C15H17ClN2O2S/c1-10(8-17-15(19)12-2-3-14(16)20-12)18-6-4-13-11(9-18)5-7-21-13/h2-3,5,7,10H,4,6,8-9H2,1H3,(H,17,19)/t10-/m0/s1. The van der Waals surface area contributed by atoms with Crippen LogP contribution in [0.1, 0.15) is 27.9 Å². The molecule has 0 spiro atoms. The number of rotatable bonds is 4. The van der Waals surface area contributed by atoms with Gasteiger partial charge in [0.1, 0.15) is 0 Å². The summed E-state index contributed by atoms with van der Waals surface area (Å²) in [6.07, 6.45) is 1.10. The molecule has 0 bridgehead atoms. The maximum absolute atomic E-state index is 11.9. The van der Waals surface area contributed by atoms with Crippen LogP contribution in [0.25, 0.3) is 0 Å². The fourth-order valence-corrected chi connectivity index (χ4v) is 3.58. The number of carbonyl (C=O) groups is 1. The van der Waals surface area contributed by atoms with Gasteiger partial charge in [-0.05, 0) is 54.1 Å². The number of fused-ring (bicyclic) bond motifs is 1. The SMILES string of the molecule is C[C@@H](CNC(=O)c1ccc(Cl)o1)N1CCc2sccc2C1. The van der Waals surface area contributed by atoms with Crippen LogP contribution in [0.3, 0.4) is 0 Å². The van der Waals surface area contributed by atoms with E-state index in [1.54, 1.807) is 12.1 Å². The second kappa shape index (κ2) is 6.22. The lowest BCUT2D eigenvalue weighted by molar-refractivity contribution is 0.0905. The molecule has 0 saturated heterocycles. The second-order valence-electron chi connectivity index (χ2n) is 5.25. The molecule has 0 unspecified atom stereocenters. The van der Waals surface area contributed by atoms with Crippen LogP contribution in [-0.2, 0) is 13.0 Å². The molecule has 0 aliphatic carbocycles. The molecule has 3 heterocycles. The summed E-state index contributed by atoms with van der Waals surface area (Å²) in [5, 5.41) is 5.28. The predicted octanol–water partition coefficient (Wildman–Crippen LogP) is 3.17. The highest BCUT2D eigenvalue weighted by Crippen LogP contribution is 2.25. The van der Waals surface area contributed by atoms with Crippen molar-refractivity contribution in [1.29, 1.82) is 0 Å². The Morgan fingerprint density at radius 2 is 2.38 bits per heavy atom. The number of amides is 1. The molecule has 1 aliphatic heterocycles. The third-order valence-corrected chi connectivity index (χ3v) is 5.04. The lowest BCUT2D eigenvalue weighted by atomic mass is 10.1. The van der Waals surface area contributed by atoms with Gasteiger partial charge in [-0.15, -0.1) is 11.3 Å². The topological polar surface area (TPSA) is 45.5 Å². The fraction of sp³-hybridized carbons (Fsp3) is 0.400. The van der Waals surface area contributed by atoms with Crippen LogP contribution in [0.5, 0.6) is 0 Å². The van der Waals surface area contributed by atoms with Crippen molar-refractivity contribution in [2.45, 2.75) is 25.9 Å². The van der Waals surface area contributed by atoms with Gasteiger partial charge < -0.3 is 9.73 Å². The molecule has 6 heteroatoms. The molecule has 21 heavy (non-hydrogen) atoms. The first-order valence-electron chi connectivity index (χ1n) is 6.96. The number of hydrogen-bond donors (Lipinski definition) is 1. The lowest BCUT2D eigenvalue weighted by Gasteiger charge is -2.32. The summed E-state index contributed by atoms with van der Waals surface area (Å²) in [6, 6.07) is 5.64. The maximum atomic E-state index is 11.9. The van der Waals surface area contributed by atoms with Gasteiger partial charge >= 0.3 is 0 Å². The maximum Gasteiger partial charge on any atom is 0.287 e. The van der Waals surface area contributed by atoms with E-state index < -0.39 is 0 Å². The van der Waals surface area contributed by atoms with Crippen molar-refractivity contribution < 1.29 is 9.21 Å². The molecule has 2 aromatic heterocycles. The molecular formula is C15H17ClN2O2S. The molecule has 112 valence electrons. The molecule has 0 aromatic carbocycles. The van der Waals surface area contributed by atoms with Crippen LogP contribution in [0.2, 0.25) is 5.22 Å². The van der Waals surface area contributed by atoms with E-state index in [1.807, 2.05) is 11.3 Å². The number of nitrogens with zero attached hydrogens (tertiary/aromatic N) is 1. The van der Waals surface area contributed by atoms with E-state index in [9.17, 15) is 4.79 Å². The van der Waals surface area contributed by atoms with Gasteiger partial charge in [0.05, 0.1) is 0 Å². The molecule has 0 radical (unpaired) electrons. The Bertz CT molecular complexity index is 637. The third-order valence-electron chi connectivity index (χ3n) is 3.82. The summed E-state index contributed by atoms with van der Waals surface area (Å²) in [4.78, 5) is 15.8.